The summed E-state index contributed by atoms with van der Waals surface area (Å²) >= 11 is 1.76. The van der Waals surface area contributed by atoms with E-state index in [1.165, 1.54) is 19.3 Å². The second kappa shape index (κ2) is 4.79. The average molecular weight is 184 g/mol. The van der Waals surface area contributed by atoms with Gasteiger partial charge in [0, 0.05) is 4.75 Å². The first kappa shape index (κ1) is 9.95. The van der Waals surface area contributed by atoms with E-state index < -0.39 is 0 Å². The van der Waals surface area contributed by atoms with Crippen LogP contribution in [0.2, 0.25) is 0 Å². The van der Waals surface area contributed by atoms with E-state index in [-0.39, 0.29) is 4.75 Å². The summed E-state index contributed by atoms with van der Waals surface area (Å²) in [6.07, 6.45) is 11.3. The number of hydrogen-bond acceptors (Lipinski definition) is 2. The predicted octanol–water partition coefficient (Wildman–Crippen LogP) is 2.05. The number of rotatable bonds is 3. The molecule has 0 unspecified atom stereocenters. The number of aliphatic hydroxyl groups excluding tert-OH is 1. The fraction of sp³-hybridized carbons (Fsp3) is 0.800. The second-order valence-electron chi connectivity index (χ2n) is 3.39. The van der Waals surface area contributed by atoms with E-state index in [0.29, 0.717) is 6.61 Å². The van der Waals surface area contributed by atoms with Gasteiger partial charge in [0.05, 0.1) is 12.4 Å². The minimum absolute atomic E-state index is 0.102. The third kappa shape index (κ3) is 2.43. The quantitative estimate of drug-likeness (QED) is 0.677. The standard InChI is InChI=1S/C10H16OS/c1-2-8-12-10(9-11)6-4-3-5-7-10/h1,11H,3-9H2. The SMILES string of the molecule is C#CCSC1(CO)CCCCC1. The Labute approximate surface area is 78.9 Å². The normalized spacial score (nSPS) is 21.7. The van der Waals surface area contributed by atoms with Gasteiger partial charge < -0.3 is 5.11 Å². The van der Waals surface area contributed by atoms with Crippen LogP contribution in [0.5, 0.6) is 0 Å². The zero-order valence-corrected chi connectivity index (χ0v) is 8.20. The van der Waals surface area contributed by atoms with Crippen LogP contribution >= 0.6 is 11.8 Å². The van der Waals surface area contributed by atoms with E-state index in [1.807, 2.05) is 0 Å². The summed E-state index contributed by atoms with van der Waals surface area (Å²) in [5.74, 6) is 3.36. The average Bonchev–Trinajstić information content (AvgIpc) is 2.16. The van der Waals surface area contributed by atoms with E-state index in [9.17, 15) is 5.11 Å². The molecule has 0 aliphatic heterocycles. The van der Waals surface area contributed by atoms with Crippen molar-refractivity contribution in [3.63, 3.8) is 0 Å². The number of aliphatic hydroxyl groups is 1. The van der Waals surface area contributed by atoms with Crippen LogP contribution in [0.1, 0.15) is 32.1 Å². The highest BCUT2D eigenvalue weighted by Crippen LogP contribution is 2.39. The number of thioether (sulfide) groups is 1. The summed E-state index contributed by atoms with van der Waals surface area (Å²) in [6.45, 7) is 0.291. The van der Waals surface area contributed by atoms with Crippen LogP contribution in [0.15, 0.2) is 0 Å². The first-order chi connectivity index (χ1) is 5.83. The molecule has 0 saturated heterocycles. The molecule has 12 heavy (non-hydrogen) atoms. The van der Waals surface area contributed by atoms with Crippen molar-refractivity contribution < 1.29 is 5.11 Å². The van der Waals surface area contributed by atoms with Crippen LogP contribution in [0.25, 0.3) is 0 Å². The van der Waals surface area contributed by atoms with Gasteiger partial charge >= 0.3 is 0 Å². The molecule has 1 aliphatic rings. The molecule has 1 nitrogen and oxygen atoms in total. The predicted molar refractivity (Wildman–Crippen MR) is 54.2 cm³/mol. The molecule has 1 aliphatic carbocycles. The highest BCUT2D eigenvalue weighted by molar-refractivity contribution is 8.00. The van der Waals surface area contributed by atoms with Gasteiger partial charge in [-0.3, -0.25) is 0 Å². The topological polar surface area (TPSA) is 20.2 Å². The van der Waals surface area contributed by atoms with Crippen LogP contribution < -0.4 is 0 Å². The Hall–Kier alpha value is -0.130. The first-order valence-corrected chi connectivity index (χ1v) is 5.50. The summed E-state index contributed by atoms with van der Waals surface area (Å²) in [7, 11) is 0. The lowest BCUT2D eigenvalue weighted by Gasteiger charge is -2.34. The molecular weight excluding hydrogens is 168 g/mol. The van der Waals surface area contributed by atoms with Crippen LogP contribution in [-0.2, 0) is 0 Å². The lowest BCUT2D eigenvalue weighted by atomic mass is 9.89. The Morgan fingerprint density at radius 1 is 1.33 bits per heavy atom. The summed E-state index contributed by atoms with van der Waals surface area (Å²) in [5.41, 5.74) is 0. The maximum absolute atomic E-state index is 9.28. The van der Waals surface area contributed by atoms with Crippen molar-refractivity contribution in [1.82, 2.24) is 0 Å². The molecule has 68 valence electrons. The molecule has 1 N–H and O–H groups in total. The summed E-state index contributed by atoms with van der Waals surface area (Å²) in [6, 6.07) is 0. The molecule has 2 heteroatoms. The maximum Gasteiger partial charge on any atom is 0.0578 e. The van der Waals surface area contributed by atoms with Crippen molar-refractivity contribution >= 4 is 11.8 Å². The third-order valence-corrected chi connectivity index (χ3v) is 3.98. The minimum atomic E-state index is 0.102. The van der Waals surface area contributed by atoms with Crippen molar-refractivity contribution in [2.24, 2.45) is 0 Å². The molecule has 1 rings (SSSR count). The molecule has 1 saturated carbocycles. The fourth-order valence-electron chi connectivity index (χ4n) is 1.74. The summed E-state index contributed by atoms with van der Waals surface area (Å²) < 4.78 is 0.102. The lowest BCUT2D eigenvalue weighted by Crippen LogP contribution is -2.32. The van der Waals surface area contributed by atoms with E-state index >= 15 is 0 Å². The smallest absolute Gasteiger partial charge is 0.0578 e. The Bertz CT molecular complexity index is 165. The molecule has 1 fully saturated rings. The maximum atomic E-state index is 9.28. The van der Waals surface area contributed by atoms with Crippen LogP contribution in [-0.4, -0.2) is 22.2 Å². The van der Waals surface area contributed by atoms with E-state index in [2.05, 4.69) is 5.92 Å². The largest absolute Gasteiger partial charge is 0.395 e. The van der Waals surface area contributed by atoms with Gasteiger partial charge in [-0.25, -0.2) is 0 Å². The zero-order chi connectivity index (χ0) is 8.86. The molecule has 0 aromatic heterocycles. The molecule has 0 radical (unpaired) electrons. The highest BCUT2D eigenvalue weighted by Gasteiger charge is 2.31. The van der Waals surface area contributed by atoms with Crippen molar-refractivity contribution in [3.05, 3.63) is 0 Å². The van der Waals surface area contributed by atoms with Gasteiger partial charge in [-0.15, -0.1) is 18.2 Å². The van der Waals surface area contributed by atoms with Gasteiger partial charge in [0.25, 0.3) is 0 Å². The Morgan fingerprint density at radius 2 is 2.00 bits per heavy atom. The number of terminal acetylenes is 1. The molecule has 0 aromatic carbocycles. The van der Waals surface area contributed by atoms with Crippen molar-refractivity contribution in [3.8, 4) is 12.3 Å². The van der Waals surface area contributed by atoms with Crippen molar-refractivity contribution in [1.29, 1.82) is 0 Å². The van der Waals surface area contributed by atoms with E-state index in [4.69, 9.17) is 6.42 Å². The van der Waals surface area contributed by atoms with Crippen LogP contribution in [0, 0.1) is 12.3 Å². The van der Waals surface area contributed by atoms with Crippen LogP contribution in [0.4, 0.5) is 0 Å². The van der Waals surface area contributed by atoms with Gasteiger partial charge in [0.1, 0.15) is 0 Å². The monoisotopic (exact) mass is 184 g/mol. The van der Waals surface area contributed by atoms with Gasteiger partial charge in [-0.1, -0.05) is 25.2 Å². The Balaban J connectivity index is 2.43. The molecule has 0 atom stereocenters. The van der Waals surface area contributed by atoms with Gasteiger partial charge in [0.15, 0.2) is 0 Å². The fourth-order valence-corrected chi connectivity index (χ4v) is 2.80. The van der Waals surface area contributed by atoms with Gasteiger partial charge in [-0.05, 0) is 12.8 Å². The molecule has 0 amide bonds. The Kier molecular flexibility index (Phi) is 3.97. The minimum Gasteiger partial charge on any atom is -0.395 e. The third-order valence-electron chi connectivity index (χ3n) is 2.51. The lowest BCUT2D eigenvalue weighted by molar-refractivity contribution is 0.214. The second-order valence-corrected chi connectivity index (χ2v) is 4.84. The zero-order valence-electron chi connectivity index (χ0n) is 7.38. The van der Waals surface area contributed by atoms with Gasteiger partial charge in [-0.2, -0.15) is 0 Å². The molecule has 0 bridgehead atoms. The molecular formula is C10H16OS. The molecule has 0 aromatic rings. The summed E-state index contributed by atoms with van der Waals surface area (Å²) in [4.78, 5) is 0. The van der Waals surface area contributed by atoms with E-state index in [0.717, 1.165) is 18.6 Å². The van der Waals surface area contributed by atoms with Crippen molar-refractivity contribution in [2.75, 3.05) is 12.4 Å². The van der Waals surface area contributed by atoms with E-state index in [1.54, 1.807) is 11.8 Å². The first-order valence-electron chi connectivity index (χ1n) is 4.51. The van der Waals surface area contributed by atoms with Crippen LogP contribution in [0.3, 0.4) is 0 Å². The summed E-state index contributed by atoms with van der Waals surface area (Å²) in [5, 5.41) is 9.28. The highest BCUT2D eigenvalue weighted by atomic mass is 32.2. The molecule has 0 spiro atoms. The van der Waals surface area contributed by atoms with Crippen molar-refractivity contribution in [2.45, 2.75) is 36.9 Å². The number of hydrogen-bond donors (Lipinski definition) is 1. The van der Waals surface area contributed by atoms with Gasteiger partial charge in [0.2, 0.25) is 0 Å². The molecule has 0 heterocycles. The Morgan fingerprint density at radius 3 is 2.50 bits per heavy atom.